The summed E-state index contributed by atoms with van der Waals surface area (Å²) in [7, 11) is -1.79. The molecule has 0 bridgehead atoms. The Balaban J connectivity index is 1.62. The van der Waals surface area contributed by atoms with Gasteiger partial charge in [0.15, 0.2) is 0 Å². The fraction of sp³-hybridized carbons (Fsp3) is 0.316. The van der Waals surface area contributed by atoms with E-state index in [0.29, 0.717) is 18.7 Å². The Kier molecular flexibility index (Phi) is 6.21. The Bertz CT molecular complexity index is 819. The molecule has 2 aromatic rings. The molecule has 1 saturated heterocycles. The summed E-state index contributed by atoms with van der Waals surface area (Å²) in [6.07, 6.45) is 1.60. The van der Waals surface area contributed by atoms with Crippen molar-refractivity contribution in [1.82, 2.24) is 10.2 Å². The summed E-state index contributed by atoms with van der Waals surface area (Å²) in [6, 6.07) is 9.90. The van der Waals surface area contributed by atoms with Gasteiger partial charge in [-0.3, -0.25) is 9.69 Å². The molecule has 0 unspecified atom stereocenters. The predicted molar refractivity (Wildman–Crippen MR) is 98.4 cm³/mol. The van der Waals surface area contributed by atoms with Crippen LogP contribution in [0.4, 0.5) is 8.78 Å². The third kappa shape index (κ3) is 4.91. The number of carbonyl (C=O) groups is 1. The van der Waals surface area contributed by atoms with Crippen LogP contribution in [0.15, 0.2) is 42.5 Å². The Morgan fingerprint density at radius 2 is 1.96 bits per heavy atom. The third-order valence-electron chi connectivity index (χ3n) is 4.73. The van der Waals surface area contributed by atoms with E-state index < -0.39 is 18.8 Å². The summed E-state index contributed by atoms with van der Waals surface area (Å²) < 4.78 is 27.9. The van der Waals surface area contributed by atoms with Crippen molar-refractivity contribution in [2.24, 2.45) is 0 Å². The molecule has 0 radical (unpaired) electrons. The minimum Gasteiger partial charge on any atom is -0.423 e. The molecule has 27 heavy (non-hydrogen) atoms. The van der Waals surface area contributed by atoms with Gasteiger partial charge in [-0.05, 0) is 43.0 Å². The zero-order chi connectivity index (χ0) is 19.4. The number of benzene rings is 2. The van der Waals surface area contributed by atoms with Gasteiger partial charge in [0.2, 0.25) is 0 Å². The maximum atomic E-state index is 14.1. The number of halogens is 2. The van der Waals surface area contributed by atoms with Crippen LogP contribution in [-0.4, -0.2) is 47.1 Å². The summed E-state index contributed by atoms with van der Waals surface area (Å²) in [5.74, 6) is -1.61. The fourth-order valence-electron chi connectivity index (χ4n) is 3.32. The third-order valence-corrected chi connectivity index (χ3v) is 4.73. The van der Waals surface area contributed by atoms with Crippen LogP contribution < -0.4 is 10.8 Å². The molecule has 1 heterocycles. The van der Waals surface area contributed by atoms with Gasteiger partial charge in [-0.2, -0.15) is 0 Å². The van der Waals surface area contributed by atoms with Gasteiger partial charge in [0.25, 0.3) is 5.91 Å². The van der Waals surface area contributed by atoms with E-state index in [1.165, 1.54) is 18.2 Å². The Morgan fingerprint density at radius 3 is 2.67 bits per heavy atom. The number of piperidine rings is 1. The van der Waals surface area contributed by atoms with Gasteiger partial charge < -0.3 is 15.4 Å². The van der Waals surface area contributed by atoms with Crippen LogP contribution in [0, 0.1) is 11.6 Å². The highest BCUT2D eigenvalue weighted by Gasteiger charge is 2.24. The zero-order valence-corrected chi connectivity index (χ0v) is 14.7. The molecule has 1 amide bonds. The number of rotatable bonds is 5. The minimum absolute atomic E-state index is 0.0159. The van der Waals surface area contributed by atoms with Gasteiger partial charge in [0, 0.05) is 24.7 Å². The van der Waals surface area contributed by atoms with E-state index in [0.717, 1.165) is 25.5 Å². The first kappa shape index (κ1) is 19.5. The highest BCUT2D eigenvalue weighted by molar-refractivity contribution is 6.58. The molecular formula is C19H21BF2N2O3. The minimum atomic E-state index is -1.79. The fourth-order valence-corrected chi connectivity index (χ4v) is 3.32. The Morgan fingerprint density at radius 1 is 1.19 bits per heavy atom. The maximum Gasteiger partial charge on any atom is 0.488 e. The normalized spacial score (nSPS) is 17.6. The second-order valence-electron chi connectivity index (χ2n) is 6.75. The lowest BCUT2D eigenvalue weighted by Gasteiger charge is -2.33. The van der Waals surface area contributed by atoms with Crippen LogP contribution in [0.3, 0.4) is 0 Å². The Labute approximate surface area is 156 Å². The molecule has 3 N–H and O–H groups in total. The second kappa shape index (κ2) is 8.60. The summed E-state index contributed by atoms with van der Waals surface area (Å²) in [5.41, 5.74) is 0.442. The average Bonchev–Trinajstić information content (AvgIpc) is 2.63. The first-order chi connectivity index (χ1) is 12.9. The number of hydrogen-bond donors (Lipinski definition) is 3. The molecule has 142 valence electrons. The van der Waals surface area contributed by atoms with Gasteiger partial charge in [0.05, 0.1) is 5.56 Å². The maximum absolute atomic E-state index is 14.1. The van der Waals surface area contributed by atoms with Crippen molar-refractivity contribution >= 4 is 18.5 Å². The highest BCUT2D eigenvalue weighted by Crippen LogP contribution is 2.16. The topological polar surface area (TPSA) is 72.8 Å². The molecule has 3 rings (SSSR count). The van der Waals surface area contributed by atoms with Crippen molar-refractivity contribution in [2.45, 2.75) is 25.4 Å². The van der Waals surface area contributed by atoms with Gasteiger partial charge in [-0.1, -0.05) is 24.3 Å². The molecule has 1 fully saturated rings. The standard InChI is InChI=1S/C19H21BF2N2O3/c21-17-6-2-1-4-13(17)11-24-9-3-5-15(12-24)23-19(25)16-8-7-14(20(26)27)10-18(16)22/h1-2,4,6-8,10,15,26-27H,3,5,9,11-12H2,(H,23,25)/t15-/m0/s1. The lowest BCUT2D eigenvalue weighted by molar-refractivity contribution is 0.0896. The predicted octanol–water partition coefficient (Wildman–Crippen LogP) is 1.04. The van der Waals surface area contributed by atoms with Gasteiger partial charge in [-0.25, -0.2) is 8.78 Å². The van der Waals surface area contributed by atoms with E-state index in [9.17, 15) is 13.6 Å². The van der Waals surface area contributed by atoms with Gasteiger partial charge in [0.1, 0.15) is 11.6 Å². The van der Waals surface area contributed by atoms with E-state index in [4.69, 9.17) is 10.0 Å². The molecule has 2 aromatic carbocycles. The SMILES string of the molecule is O=C(N[C@H]1CCCN(Cc2ccccc2F)C1)c1ccc(B(O)O)cc1F. The number of carbonyl (C=O) groups excluding carboxylic acids is 1. The van der Waals surface area contributed by atoms with Crippen molar-refractivity contribution in [2.75, 3.05) is 13.1 Å². The molecule has 1 aliphatic heterocycles. The smallest absolute Gasteiger partial charge is 0.423 e. The molecule has 1 aliphatic rings. The largest absolute Gasteiger partial charge is 0.488 e. The van der Waals surface area contributed by atoms with Gasteiger partial charge in [-0.15, -0.1) is 0 Å². The van der Waals surface area contributed by atoms with E-state index in [1.807, 2.05) is 0 Å². The van der Waals surface area contributed by atoms with E-state index in [1.54, 1.807) is 18.2 Å². The number of likely N-dealkylation sites (tertiary alicyclic amines) is 1. The summed E-state index contributed by atoms with van der Waals surface area (Å²) in [6.45, 7) is 1.81. The molecule has 0 spiro atoms. The first-order valence-electron chi connectivity index (χ1n) is 8.86. The molecule has 5 nitrogen and oxygen atoms in total. The number of amides is 1. The van der Waals surface area contributed by atoms with Crippen LogP contribution >= 0.6 is 0 Å². The Hall–Kier alpha value is -2.29. The lowest BCUT2D eigenvalue weighted by Crippen LogP contribution is -2.47. The van der Waals surface area contributed by atoms with Crippen LogP contribution in [0.2, 0.25) is 0 Å². The molecule has 0 aliphatic carbocycles. The number of nitrogens with one attached hydrogen (secondary N) is 1. The highest BCUT2D eigenvalue weighted by atomic mass is 19.1. The van der Waals surface area contributed by atoms with Crippen LogP contribution in [0.25, 0.3) is 0 Å². The first-order valence-corrected chi connectivity index (χ1v) is 8.86. The van der Waals surface area contributed by atoms with E-state index in [-0.39, 0.29) is 22.9 Å². The molecule has 0 aromatic heterocycles. The number of hydrogen-bond acceptors (Lipinski definition) is 4. The van der Waals surface area contributed by atoms with Crippen LogP contribution in [0.5, 0.6) is 0 Å². The van der Waals surface area contributed by atoms with Crippen molar-refractivity contribution in [1.29, 1.82) is 0 Å². The van der Waals surface area contributed by atoms with E-state index >= 15 is 0 Å². The molecule has 0 saturated carbocycles. The zero-order valence-electron chi connectivity index (χ0n) is 14.7. The number of nitrogens with zero attached hydrogens (tertiary/aromatic N) is 1. The van der Waals surface area contributed by atoms with Crippen molar-refractivity contribution < 1.29 is 23.6 Å². The van der Waals surface area contributed by atoms with Crippen LogP contribution in [0.1, 0.15) is 28.8 Å². The summed E-state index contributed by atoms with van der Waals surface area (Å²) >= 11 is 0. The van der Waals surface area contributed by atoms with Gasteiger partial charge >= 0.3 is 7.12 Å². The van der Waals surface area contributed by atoms with Crippen LogP contribution in [-0.2, 0) is 6.54 Å². The van der Waals surface area contributed by atoms with Crippen molar-refractivity contribution in [3.63, 3.8) is 0 Å². The van der Waals surface area contributed by atoms with Crippen molar-refractivity contribution in [3.8, 4) is 0 Å². The lowest BCUT2D eigenvalue weighted by atomic mass is 9.80. The summed E-state index contributed by atoms with van der Waals surface area (Å²) in [5, 5.41) is 20.9. The summed E-state index contributed by atoms with van der Waals surface area (Å²) in [4.78, 5) is 14.4. The van der Waals surface area contributed by atoms with Crippen molar-refractivity contribution in [3.05, 3.63) is 65.2 Å². The monoisotopic (exact) mass is 374 g/mol. The van der Waals surface area contributed by atoms with E-state index in [2.05, 4.69) is 10.2 Å². The molecule has 8 heteroatoms. The molecular weight excluding hydrogens is 353 g/mol. The quantitative estimate of drug-likeness (QED) is 0.684. The second-order valence-corrected chi connectivity index (χ2v) is 6.75. The average molecular weight is 374 g/mol. The molecule has 1 atom stereocenters.